The van der Waals surface area contributed by atoms with Crippen LogP contribution in [0.4, 0.5) is 17.1 Å². The Bertz CT molecular complexity index is 1780. The molecule has 0 bridgehead atoms. The number of anilines is 1. The van der Waals surface area contributed by atoms with Gasteiger partial charge in [-0.15, -0.1) is 0 Å². The number of nitrogens with zero attached hydrogens (tertiary/aromatic N) is 4. The maximum Gasteiger partial charge on any atom is 0.269 e. The van der Waals surface area contributed by atoms with Crippen LogP contribution in [-0.4, -0.2) is 27.9 Å². The van der Waals surface area contributed by atoms with Gasteiger partial charge in [0, 0.05) is 24.1 Å². The van der Waals surface area contributed by atoms with Gasteiger partial charge in [-0.25, -0.2) is 4.99 Å². The lowest BCUT2D eigenvalue weighted by atomic mass is 10.1. The van der Waals surface area contributed by atoms with Gasteiger partial charge in [0.2, 0.25) is 0 Å². The minimum atomic E-state index is -0.360. The Balaban J connectivity index is 1.25. The third-order valence-corrected chi connectivity index (χ3v) is 9.70. The number of amides is 1. The van der Waals surface area contributed by atoms with Crippen LogP contribution >= 0.6 is 23.5 Å². The zero-order chi connectivity index (χ0) is 27.4. The molecule has 196 valence electrons. The Morgan fingerprint density at radius 3 is 2.40 bits per heavy atom. The molecule has 0 atom stereocenters. The molecule has 1 fully saturated rings. The van der Waals surface area contributed by atoms with Gasteiger partial charge in [0.1, 0.15) is 4.91 Å². The zero-order valence-corrected chi connectivity index (χ0v) is 23.0. The van der Waals surface area contributed by atoms with Crippen LogP contribution in [0.5, 0.6) is 0 Å². The molecule has 3 aliphatic rings. The van der Waals surface area contributed by atoms with Crippen LogP contribution in [0.15, 0.2) is 111 Å². The van der Waals surface area contributed by atoms with Gasteiger partial charge in [-0.05, 0) is 76.3 Å². The van der Waals surface area contributed by atoms with Gasteiger partial charge >= 0.3 is 0 Å². The van der Waals surface area contributed by atoms with Gasteiger partial charge in [0.05, 0.1) is 27.9 Å². The number of hydrogen-bond donors (Lipinski definition) is 0. The predicted molar refractivity (Wildman–Crippen MR) is 161 cm³/mol. The van der Waals surface area contributed by atoms with Gasteiger partial charge in [-0.2, -0.15) is 0 Å². The van der Waals surface area contributed by atoms with Crippen molar-refractivity contribution in [1.82, 2.24) is 4.90 Å². The van der Waals surface area contributed by atoms with Gasteiger partial charge in [-0.1, -0.05) is 60.3 Å². The fourth-order valence-corrected chi connectivity index (χ4v) is 7.64. The monoisotopic (exact) mass is 562 g/mol. The average Bonchev–Trinajstić information content (AvgIpc) is 3.60. The lowest BCUT2D eigenvalue weighted by Crippen LogP contribution is -2.29. The number of non-ortho nitro benzene ring substituents is 1. The summed E-state index contributed by atoms with van der Waals surface area (Å²) in [5.74, 6) is -0.0596. The third kappa shape index (κ3) is 4.18. The van der Waals surface area contributed by atoms with E-state index < -0.39 is 0 Å². The van der Waals surface area contributed by atoms with Crippen LogP contribution in [0, 0.1) is 10.1 Å². The normalized spacial score (nSPS) is 18.3. The number of thioether (sulfide) groups is 2. The predicted octanol–water partition coefficient (Wildman–Crippen LogP) is 7.34. The highest BCUT2D eigenvalue weighted by molar-refractivity contribution is 8.19. The van der Waals surface area contributed by atoms with Crippen LogP contribution < -0.4 is 4.90 Å². The lowest BCUT2D eigenvalue weighted by Gasteiger charge is -2.17. The largest absolute Gasteiger partial charge is 0.337 e. The lowest BCUT2D eigenvalue weighted by molar-refractivity contribution is -0.384. The van der Waals surface area contributed by atoms with Crippen LogP contribution in [0.3, 0.4) is 0 Å². The number of aliphatic imine (C=N–C) groups is 1. The molecule has 0 unspecified atom stereocenters. The first-order valence-corrected chi connectivity index (χ1v) is 14.4. The van der Waals surface area contributed by atoms with E-state index in [1.54, 1.807) is 28.8 Å². The second-order valence-electron chi connectivity index (χ2n) is 9.75. The second kappa shape index (κ2) is 9.69. The molecule has 40 heavy (non-hydrogen) atoms. The summed E-state index contributed by atoms with van der Waals surface area (Å²) in [5.41, 5.74) is 7.05. The number of nitro groups is 1. The van der Waals surface area contributed by atoms with E-state index >= 15 is 0 Å². The van der Waals surface area contributed by atoms with Gasteiger partial charge in [-0.3, -0.25) is 19.8 Å². The highest BCUT2D eigenvalue weighted by Gasteiger charge is 2.39. The Morgan fingerprint density at radius 1 is 0.900 bits per heavy atom. The van der Waals surface area contributed by atoms with Crippen LogP contribution in [0.2, 0.25) is 0 Å². The molecule has 1 saturated heterocycles. The van der Waals surface area contributed by atoms with Crippen molar-refractivity contribution in [3.05, 3.63) is 128 Å². The van der Waals surface area contributed by atoms with E-state index in [0.717, 1.165) is 49.1 Å². The molecule has 0 N–H and O–H groups in total. The van der Waals surface area contributed by atoms with Crippen LogP contribution in [0.25, 0.3) is 11.1 Å². The summed E-state index contributed by atoms with van der Waals surface area (Å²) >= 11 is 3.02. The number of rotatable bonds is 4. The van der Waals surface area contributed by atoms with Crippen molar-refractivity contribution in [2.45, 2.75) is 17.9 Å². The number of carbonyl (C=O) groups is 1. The average molecular weight is 563 g/mol. The standard InChI is InChI=1S/C31H22N4O3S2/c1-33-26-9-5-6-10-27(26)39-30(33)28-29(36)34(18-19-7-3-2-4-8-19)31(40-28)32-22-11-13-24-20(16-22)15-21-17-23(35(37)38)12-14-25(21)24/h2-14,16-17H,15,18H2,1H3/b30-28-,32-31?. The maximum atomic E-state index is 13.9. The molecule has 0 radical (unpaired) electrons. The van der Waals surface area contributed by atoms with Crippen molar-refractivity contribution in [2.24, 2.45) is 4.99 Å². The molecular formula is C31H22N4O3S2. The Hall–Kier alpha value is -4.34. The Morgan fingerprint density at radius 2 is 1.62 bits per heavy atom. The van der Waals surface area contributed by atoms with Crippen molar-refractivity contribution >= 4 is 51.7 Å². The summed E-state index contributed by atoms with van der Waals surface area (Å²) < 4.78 is 0. The minimum absolute atomic E-state index is 0.0596. The number of para-hydroxylation sites is 1. The summed E-state index contributed by atoms with van der Waals surface area (Å²) in [6.07, 6.45) is 0.611. The number of fused-ring (bicyclic) bond motifs is 4. The summed E-state index contributed by atoms with van der Waals surface area (Å²) in [5, 5.41) is 12.8. The topological polar surface area (TPSA) is 79.0 Å². The molecule has 9 heteroatoms. The van der Waals surface area contributed by atoms with Crippen LogP contribution in [0.1, 0.15) is 16.7 Å². The number of amidine groups is 1. The number of benzene rings is 4. The van der Waals surface area contributed by atoms with Crippen molar-refractivity contribution in [3.63, 3.8) is 0 Å². The molecule has 2 aliphatic heterocycles. The first-order chi connectivity index (χ1) is 19.5. The Kier molecular flexibility index (Phi) is 5.98. The van der Waals surface area contributed by atoms with E-state index in [2.05, 4.69) is 17.0 Å². The van der Waals surface area contributed by atoms with Crippen LogP contribution in [-0.2, 0) is 17.8 Å². The van der Waals surface area contributed by atoms with Crippen molar-refractivity contribution in [1.29, 1.82) is 0 Å². The summed E-state index contributed by atoms with van der Waals surface area (Å²) in [4.78, 5) is 35.4. The van der Waals surface area contributed by atoms with Crippen molar-refractivity contribution < 1.29 is 9.72 Å². The number of hydrogen-bond acceptors (Lipinski definition) is 7. The van der Waals surface area contributed by atoms with Crippen molar-refractivity contribution in [3.8, 4) is 11.1 Å². The quantitative estimate of drug-likeness (QED) is 0.130. The molecular weight excluding hydrogens is 541 g/mol. The van der Waals surface area contributed by atoms with E-state index in [0.29, 0.717) is 23.0 Å². The molecule has 4 aromatic rings. The van der Waals surface area contributed by atoms with E-state index in [4.69, 9.17) is 4.99 Å². The fraction of sp³-hybridized carbons (Fsp3) is 0.0968. The van der Waals surface area contributed by atoms with E-state index in [-0.39, 0.29) is 16.5 Å². The van der Waals surface area contributed by atoms with E-state index in [1.807, 2.05) is 73.8 Å². The minimum Gasteiger partial charge on any atom is -0.337 e. The number of nitro benzene ring substituents is 1. The third-order valence-electron chi connectivity index (χ3n) is 7.26. The summed E-state index contributed by atoms with van der Waals surface area (Å²) in [6, 6.07) is 29.1. The molecule has 0 aromatic heterocycles. The van der Waals surface area contributed by atoms with Gasteiger partial charge in [0.15, 0.2) is 5.17 Å². The van der Waals surface area contributed by atoms with E-state index in [1.165, 1.54) is 11.8 Å². The zero-order valence-electron chi connectivity index (χ0n) is 21.4. The molecule has 0 spiro atoms. The molecule has 1 amide bonds. The second-order valence-corrected chi connectivity index (χ2v) is 11.8. The first kappa shape index (κ1) is 24.7. The highest BCUT2D eigenvalue weighted by Crippen LogP contribution is 2.50. The number of carbonyl (C=O) groups excluding carboxylic acids is 1. The molecule has 7 nitrogen and oxygen atoms in total. The maximum absolute atomic E-state index is 13.9. The fourth-order valence-electron chi connectivity index (χ4n) is 5.30. The molecule has 4 aromatic carbocycles. The molecule has 0 saturated carbocycles. The van der Waals surface area contributed by atoms with Crippen molar-refractivity contribution in [2.75, 3.05) is 11.9 Å². The molecule has 1 aliphatic carbocycles. The van der Waals surface area contributed by atoms with E-state index in [9.17, 15) is 14.9 Å². The summed E-state index contributed by atoms with van der Waals surface area (Å²) in [7, 11) is 1.99. The smallest absolute Gasteiger partial charge is 0.269 e. The van der Waals surface area contributed by atoms with Gasteiger partial charge < -0.3 is 4.90 Å². The summed E-state index contributed by atoms with van der Waals surface area (Å²) in [6.45, 7) is 0.420. The molecule has 2 heterocycles. The molecule has 7 rings (SSSR count). The Labute approximate surface area is 239 Å². The highest BCUT2D eigenvalue weighted by atomic mass is 32.2. The SMILES string of the molecule is CN1/C(=C2/SC(=Nc3ccc4c(c3)Cc3cc([N+](=O)[O-])ccc3-4)N(Cc3ccccc3)C2=O)Sc2ccccc21. The first-order valence-electron chi connectivity index (χ1n) is 12.7. The van der Waals surface area contributed by atoms with Gasteiger partial charge in [0.25, 0.3) is 11.6 Å².